The van der Waals surface area contributed by atoms with Gasteiger partial charge < -0.3 is 16.0 Å². The first-order valence-electron chi connectivity index (χ1n) is 7.20. The molecule has 116 valence electrons. The average Bonchev–Trinajstić information content (AvgIpc) is 2.45. The van der Waals surface area contributed by atoms with E-state index in [0.29, 0.717) is 19.0 Å². The number of nitrogens with one attached hydrogen (secondary N) is 3. The molecule has 0 spiro atoms. The van der Waals surface area contributed by atoms with Crippen LogP contribution in [0.2, 0.25) is 0 Å². The molecule has 6 heteroatoms. The molecule has 0 aliphatic rings. The molecule has 0 fully saturated rings. The van der Waals surface area contributed by atoms with E-state index in [-0.39, 0.29) is 5.91 Å². The van der Waals surface area contributed by atoms with Gasteiger partial charge in [0.2, 0.25) is 11.9 Å². The van der Waals surface area contributed by atoms with E-state index < -0.39 is 0 Å². The van der Waals surface area contributed by atoms with Gasteiger partial charge in [-0.05, 0) is 26.0 Å². The van der Waals surface area contributed by atoms with E-state index >= 15 is 0 Å². The Bertz CT molecular complexity index is 639. The summed E-state index contributed by atoms with van der Waals surface area (Å²) in [6, 6.07) is 10.00. The van der Waals surface area contributed by atoms with Gasteiger partial charge in [-0.3, -0.25) is 4.79 Å². The summed E-state index contributed by atoms with van der Waals surface area (Å²) < 4.78 is 0. The lowest BCUT2D eigenvalue weighted by Crippen LogP contribution is -2.26. The predicted octanol–water partition coefficient (Wildman–Crippen LogP) is 2.39. The van der Waals surface area contributed by atoms with Crippen molar-refractivity contribution in [3.63, 3.8) is 0 Å². The molecule has 1 amide bonds. The molecular weight excluding hydrogens is 278 g/mol. The lowest BCUT2D eigenvalue weighted by Gasteiger charge is -2.10. The SMILES string of the molecule is CC(=O)NCCNc1nc(C)cc(Nc2ccc(C)cc2)n1. The Kier molecular flexibility index (Phi) is 5.30. The van der Waals surface area contributed by atoms with Crippen LogP contribution in [0.4, 0.5) is 17.5 Å². The highest BCUT2D eigenvalue weighted by Crippen LogP contribution is 2.17. The minimum absolute atomic E-state index is 0.0475. The highest BCUT2D eigenvalue weighted by Gasteiger charge is 2.03. The second-order valence-corrected chi connectivity index (χ2v) is 5.12. The molecule has 0 atom stereocenters. The Labute approximate surface area is 130 Å². The van der Waals surface area contributed by atoms with Crippen LogP contribution in [0, 0.1) is 13.8 Å². The number of anilines is 3. The Morgan fingerprint density at radius 2 is 1.82 bits per heavy atom. The molecule has 1 heterocycles. The maximum atomic E-state index is 10.8. The normalized spacial score (nSPS) is 10.1. The number of nitrogens with zero attached hydrogens (tertiary/aromatic N) is 2. The maximum absolute atomic E-state index is 10.8. The first-order chi connectivity index (χ1) is 10.5. The van der Waals surface area contributed by atoms with Crippen LogP contribution in [-0.2, 0) is 4.79 Å². The van der Waals surface area contributed by atoms with E-state index in [2.05, 4.69) is 32.8 Å². The third-order valence-corrected chi connectivity index (χ3v) is 2.96. The number of hydrogen-bond acceptors (Lipinski definition) is 5. The van der Waals surface area contributed by atoms with E-state index in [1.165, 1.54) is 12.5 Å². The second kappa shape index (κ2) is 7.40. The third-order valence-electron chi connectivity index (χ3n) is 2.96. The van der Waals surface area contributed by atoms with E-state index in [1.54, 1.807) is 0 Å². The molecule has 2 aromatic rings. The molecule has 22 heavy (non-hydrogen) atoms. The Morgan fingerprint density at radius 1 is 1.09 bits per heavy atom. The van der Waals surface area contributed by atoms with Gasteiger partial charge in [0.25, 0.3) is 0 Å². The minimum atomic E-state index is -0.0475. The minimum Gasteiger partial charge on any atom is -0.355 e. The maximum Gasteiger partial charge on any atom is 0.224 e. The van der Waals surface area contributed by atoms with Crippen molar-refractivity contribution in [1.29, 1.82) is 0 Å². The van der Waals surface area contributed by atoms with Gasteiger partial charge in [0.15, 0.2) is 0 Å². The number of amides is 1. The first-order valence-corrected chi connectivity index (χ1v) is 7.20. The highest BCUT2D eigenvalue weighted by molar-refractivity contribution is 5.72. The first kappa shape index (κ1) is 15.8. The quantitative estimate of drug-likeness (QED) is 0.714. The lowest BCUT2D eigenvalue weighted by molar-refractivity contribution is -0.118. The van der Waals surface area contributed by atoms with Gasteiger partial charge in [-0.15, -0.1) is 0 Å². The van der Waals surface area contributed by atoms with Crippen molar-refractivity contribution in [3.8, 4) is 0 Å². The van der Waals surface area contributed by atoms with Crippen LogP contribution in [-0.4, -0.2) is 29.0 Å². The van der Waals surface area contributed by atoms with E-state index in [1.807, 2.05) is 37.3 Å². The zero-order valence-electron chi connectivity index (χ0n) is 13.1. The average molecular weight is 299 g/mol. The Morgan fingerprint density at radius 3 is 2.50 bits per heavy atom. The number of benzene rings is 1. The molecule has 0 saturated heterocycles. The van der Waals surface area contributed by atoms with Crippen molar-refractivity contribution in [2.45, 2.75) is 20.8 Å². The van der Waals surface area contributed by atoms with E-state index in [9.17, 15) is 4.79 Å². The monoisotopic (exact) mass is 299 g/mol. The summed E-state index contributed by atoms with van der Waals surface area (Å²) in [6.45, 7) is 6.57. The van der Waals surface area contributed by atoms with Crippen LogP contribution in [0.1, 0.15) is 18.2 Å². The van der Waals surface area contributed by atoms with Crippen molar-refractivity contribution in [2.24, 2.45) is 0 Å². The van der Waals surface area contributed by atoms with Gasteiger partial charge in [-0.1, -0.05) is 17.7 Å². The number of aryl methyl sites for hydroxylation is 2. The summed E-state index contributed by atoms with van der Waals surface area (Å²) in [5, 5.41) is 9.08. The topological polar surface area (TPSA) is 78.9 Å². The van der Waals surface area contributed by atoms with Crippen molar-refractivity contribution < 1.29 is 4.79 Å². The van der Waals surface area contributed by atoms with E-state index in [0.717, 1.165) is 17.2 Å². The molecule has 0 unspecified atom stereocenters. The fourth-order valence-electron chi connectivity index (χ4n) is 1.91. The predicted molar refractivity (Wildman–Crippen MR) is 88.4 cm³/mol. The molecule has 1 aromatic carbocycles. The largest absolute Gasteiger partial charge is 0.355 e. The third kappa shape index (κ3) is 5.05. The van der Waals surface area contributed by atoms with Crippen LogP contribution < -0.4 is 16.0 Å². The van der Waals surface area contributed by atoms with Crippen LogP contribution in [0.3, 0.4) is 0 Å². The Balaban J connectivity index is 2.00. The second-order valence-electron chi connectivity index (χ2n) is 5.12. The molecule has 0 aliphatic carbocycles. The molecule has 0 saturated carbocycles. The summed E-state index contributed by atoms with van der Waals surface area (Å²) in [7, 11) is 0. The van der Waals surface area contributed by atoms with Crippen LogP contribution in [0.5, 0.6) is 0 Å². The molecule has 1 aromatic heterocycles. The molecule has 0 radical (unpaired) electrons. The van der Waals surface area contributed by atoms with Crippen molar-refractivity contribution in [3.05, 3.63) is 41.6 Å². The van der Waals surface area contributed by atoms with Gasteiger partial charge >= 0.3 is 0 Å². The fraction of sp³-hybridized carbons (Fsp3) is 0.312. The number of aromatic nitrogens is 2. The Hall–Kier alpha value is -2.63. The highest BCUT2D eigenvalue weighted by atomic mass is 16.1. The summed E-state index contributed by atoms with van der Waals surface area (Å²) in [5.74, 6) is 1.23. The standard InChI is InChI=1S/C16H21N5O/c1-11-4-6-14(7-5-11)20-15-10-12(2)19-16(21-15)18-9-8-17-13(3)22/h4-7,10H,8-9H2,1-3H3,(H,17,22)(H2,18,19,20,21). The number of carbonyl (C=O) groups excluding carboxylic acids is 1. The molecule has 0 aliphatic heterocycles. The molecule has 6 nitrogen and oxygen atoms in total. The molecule has 3 N–H and O–H groups in total. The van der Waals surface area contributed by atoms with Gasteiger partial charge in [0, 0.05) is 37.5 Å². The van der Waals surface area contributed by atoms with E-state index in [4.69, 9.17) is 0 Å². The number of rotatable bonds is 6. The van der Waals surface area contributed by atoms with Crippen molar-refractivity contribution in [2.75, 3.05) is 23.7 Å². The summed E-state index contributed by atoms with van der Waals surface area (Å²) >= 11 is 0. The van der Waals surface area contributed by atoms with Gasteiger partial charge in [0.05, 0.1) is 0 Å². The van der Waals surface area contributed by atoms with Gasteiger partial charge in [-0.2, -0.15) is 4.98 Å². The lowest BCUT2D eigenvalue weighted by atomic mass is 10.2. The zero-order valence-corrected chi connectivity index (χ0v) is 13.1. The molecule has 0 bridgehead atoms. The van der Waals surface area contributed by atoms with Crippen LogP contribution in [0.25, 0.3) is 0 Å². The fourth-order valence-corrected chi connectivity index (χ4v) is 1.91. The van der Waals surface area contributed by atoms with Crippen LogP contribution in [0.15, 0.2) is 30.3 Å². The zero-order chi connectivity index (χ0) is 15.9. The van der Waals surface area contributed by atoms with Gasteiger partial charge in [-0.25, -0.2) is 4.98 Å². The number of hydrogen-bond donors (Lipinski definition) is 3. The van der Waals surface area contributed by atoms with Gasteiger partial charge in [0.1, 0.15) is 5.82 Å². The van der Waals surface area contributed by atoms with Crippen molar-refractivity contribution in [1.82, 2.24) is 15.3 Å². The molecule has 2 rings (SSSR count). The summed E-state index contributed by atoms with van der Waals surface area (Å²) in [5.41, 5.74) is 3.06. The summed E-state index contributed by atoms with van der Waals surface area (Å²) in [4.78, 5) is 19.6. The van der Waals surface area contributed by atoms with Crippen LogP contribution >= 0.6 is 0 Å². The van der Waals surface area contributed by atoms with Crippen molar-refractivity contribution >= 4 is 23.4 Å². The molecular formula is C16H21N5O. The summed E-state index contributed by atoms with van der Waals surface area (Å²) in [6.07, 6.45) is 0. The number of carbonyl (C=O) groups is 1. The smallest absolute Gasteiger partial charge is 0.224 e.